The lowest BCUT2D eigenvalue weighted by Crippen LogP contribution is -3.00. The first-order chi connectivity index (χ1) is 11.8. The quantitative estimate of drug-likeness (QED) is 0.480. The second-order valence-corrected chi connectivity index (χ2v) is 6.27. The maximum absolute atomic E-state index is 12.4. The van der Waals surface area contributed by atoms with Gasteiger partial charge in [-0.25, -0.2) is 4.57 Å². The van der Waals surface area contributed by atoms with Gasteiger partial charge in [-0.15, -0.1) is 0 Å². The highest BCUT2D eigenvalue weighted by molar-refractivity contribution is 5.76. The van der Waals surface area contributed by atoms with Crippen molar-refractivity contribution in [1.82, 2.24) is 4.90 Å². The SMILES string of the molecule is O=C(CCCC[n+]1ccccc1)N1CCN(c2ccccc2)CC1.[Br-]. The van der Waals surface area contributed by atoms with Crippen molar-refractivity contribution in [1.29, 1.82) is 0 Å². The highest BCUT2D eigenvalue weighted by Gasteiger charge is 2.20. The molecule has 3 rings (SSSR count). The summed E-state index contributed by atoms with van der Waals surface area (Å²) in [6, 6.07) is 16.5. The van der Waals surface area contributed by atoms with Crippen LogP contribution in [0.4, 0.5) is 5.69 Å². The normalized spacial score (nSPS) is 14.1. The lowest BCUT2D eigenvalue weighted by atomic mass is 10.2. The monoisotopic (exact) mass is 403 g/mol. The van der Waals surface area contributed by atoms with Crippen LogP contribution in [-0.4, -0.2) is 37.0 Å². The number of amides is 1. The molecule has 1 fully saturated rings. The van der Waals surface area contributed by atoms with Crippen LogP contribution in [0.15, 0.2) is 60.9 Å². The molecule has 4 nitrogen and oxygen atoms in total. The molecule has 0 N–H and O–H groups in total. The molecule has 1 aliphatic heterocycles. The number of carbonyl (C=O) groups excluding carboxylic acids is 1. The molecule has 5 heteroatoms. The minimum atomic E-state index is 0. The molecule has 134 valence electrons. The van der Waals surface area contributed by atoms with Crippen LogP contribution in [0.5, 0.6) is 0 Å². The average Bonchev–Trinajstić information content (AvgIpc) is 2.67. The molecular formula is C20H26BrN3O. The molecule has 0 bridgehead atoms. The number of unbranched alkanes of at least 4 members (excludes halogenated alkanes) is 1. The summed E-state index contributed by atoms with van der Waals surface area (Å²) in [5.74, 6) is 0.306. The van der Waals surface area contributed by atoms with Gasteiger partial charge in [-0.1, -0.05) is 24.3 Å². The zero-order valence-corrected chi connectivity index (χ0v) is 16.1. The summed E-state index contributed by atoms with van der Waals surface area (Å²) in [5, 5.41) is 0. The molecule has 0 aliphatic carbocycles. The van der Waals surface area contributed by atoms with Gasteiger partial charge >= 0.3 is 0 Å². The average molecular weight is 404 g/mol. The van der Waals surface area contributed by atoms with E-state index in [4.69, 9.17) is 0 Å². The lowest BCUT2D eigenvalue weighted by molar-refractivity contribution is -0.697. The number of nitrogens with zero attached hydrogens (tertiary/aromatic N) is 3. The van der Waals surface area contributed by atoms with Crippen molar-refractivity contribution in [3.63, 3.8) is 0 Å². The first-order valence-corrected chi connectivity index (χ1v) is 8.85. The van der Waals surface area contributed by atoms with Gasteiger partial charge in [0.25, 0.3) is 0 Å². The maximum Gasteiger partial charge on any atom is 0.222 e. The van der Waals surface area contributed by atoms with Crippen molar-refractivity contribution >= 4 is 11.6 Å². The van der Waals surface area contributed by atoms with E-state index in [9.17, 15) is 4.79 Å². The number of aryl methyl sites for hydroxylation is 1. The molecule has 1 aliphatic rings. The van der Waals surface area contributed by atoms with Crippen molar-refractivity contribution in [2.45, 2.75) is 25.8 Å². The van der Waals surface area contributed by atoms with E-state index in [0.29, 0.717) is 12.3 Å². The van der Waals surface area contributed by atoms with Crippen LogP contribution in [0.3, 0.4) is 0 Å². The largest absolute Gasteiger partial charge is 1.00 e. The molecule has 25 heavy (non-hydrogen) atoms. The van der Waals surface area contributed by atoms with Gasteiger partial charge in [0, 0.05) is 56.8 Å². The standard InChI is InChI=1S/C20H26N3O.BrH/c24-20(11-5-8-14-21-12-6-2-7-13-21)23-17-15-22(16-18-23)19-9-3-1-4-10-19;/h1-4,6-7,9-10,12-13H,5,8,11,14-18H2;1H/q+1;/p-1. The van der Waals surface area contributed by atoms with E-state index in [1.54, 1.807) is 0 Å². The smallest absolute Gasteiger partial charge is 0.222 e. The number of rotatable bonds is 6. The molecule has 1 aromatic carbocycles. The van der Waals surface area contributed by atoms with Crippen molar-refractivity contribution in [2.75, 3.05) is 31.1 Å². The Hall–Kier alpha value is -1.88. The summed E-state index contributed by atoms with van der Waals surface area (Å²) < 4.78 is 2.17. The van der Waals surface area contributed by atoms with Crippen LogP contribution in [-0.2, 0) is 11.3 Å². The summed E-state index contributed by atoms with van der Waals surface area (Å²) in [6.07, 6.45) is 6.82. The van der Waals surface area contributed by atoms with Crippen molar-refractivity contribution in [3.05, 3.63) is 60.9 Å². The summed E-state index contributed by atoms with van der Waals surface area (Å²) in [7, 11) is 0. The summed E-state index contributed by atoms with van der Waals surface area (Å²) in [6.45, 7) is 4.50. The Morgan fingerprint density at radius 2 is 1.52 bits per heavy atom. The van der Waals surface area contributed by atoms with Gasteiger partial charge in [-0.05, 0) is 18.6 Å². The number of benzene rings is 1. The predicted molar refractivity (Wildman–Crippen MR) is 95.7 cm³/mol. The number of para-hydroxylation sites is 1. The number of hydrogen-bond acceptors (Lipinski definition) is 2. The van der Waals surface area contributed by atoms with Crippen molar-refractivity contribution in [3.8, 4) is 0 Å². The van der Waals surface area contributed by atoms with Crippen molar-refractivity contribution < 1.29 is 26.3 Å². The van der Waals surface area contributed by atoms with Gasteiger partial charge in [0.1, 0.15) is 6.54 Å². The Labute approximate surface area is 160 Å². The molecule has 2 heterocycles. The first-order valence-electron chi connectivity index (χ1n) is 8.85. The predicted octanol–water partition coefficient (Wildman–Crippen LogP) is -0.503. The summed E-state index contributed by atoms with van der Waals surface area (Å²) in [4.78, 5) is 16.7. The third kappa shape index (κ3) is 5.85. The van der Waals surface area contributed by atoms with E-state index >= 15 is 0 Å². The van der Waals surface area contributed by atoms with Gasteiger partial charge in [-0.2, -0.15) is 0 Å². The third-order valence-corrected chi connectivity index (χ3v) is 4.59. The zero-order valence-electron chi connectivity index (χ0n) is 14.6. The highest BCUT2D eigenvalue weighted by atomic mass is 79.9. The Balaban J connectivity index is 0.00000225. The molecule has 1 aromatic heterocycles. The van der Waals surface area contributed by atoms with Crippen LogP contribution in [0.2, 0.25) is 0 Å². The van der Waals surface area contributed by atoms with Crippen LogP contribution in [0.1, 0.15) is 19.3 Å². The van der Waals surface area contributed by atoms with E-state index in [1.807, 2.05) is 29.2 Å². The maximum atomic E-state index is 12.4. The van der Waals surface area contributed by atoms with Crippen molar-refractivity contribution in [2.24, 2.45) is 0 Å². The minimum absolute atomic E-state index is 0. The van der Waals surface area contributed by atoms with E-state index in [0.717, 1.165) is 45.6 Å². The minimum Gasteiger partial charge on any atom is -1.00 e. The number of anilines is 1. The Kier molecular flexibility index (Phi) is 7.92. The second-order valence-electron chi connectivity index (χ2n) is 6.27. The number of halogens is 1. The van der Waals surface area contributed by atoms with Crippen LogP contribution in [0.25, 0.3) is 0 Å². The Morgan fingerprint density at radius 3 is 2.20 bits per heavy atom. The van der Waals surface area contributed by atoms with E-state index in [-0.39, 0.29) is 17.0 Å². The van der Waals surface area contributed by atoms with Gasteiger partial charge in [0.2, 0.25) is 5.91 Å². The fraction of sp³-hybridized carbons (Fsp3) is 0.400. The van der Waals surface area contributed by atoms with E-state index in [1.165, 1.54) is 5.69 Å². The van der Waals surface area contributed by atoms with Gasteiger partial charge in [-0.3, -0.25) is 4.79 Å². The Morgan fingerprint density at radius 1 is 0.880 bits per heavy atom. The fourth-order valence-corrected chi connectivity index (χ4v) is 3.16. The van der Waals surface area contributed by atoms with Gasteiger partial charge in [0.15, 0.2) is 12.4 Å². The number of carbonyl (C=O) groups is 1. The number of pyridine rings is 1. The van der Waals surface area contributed by atoms with Gasteiger partial charge < -0.3 is 26.8 Å². The van der Waals surface area contributed by atoms with Crippen LogP contribution < -0.4 is 26.4 Å². The molecule has 0 unspecified atom stereocenters. The molecule has 0 atom stereocenters. The second kappa shape index (κ2) is 10.2. The first kappa shape index (κ1) is 19.4. The van der Waals surface area contributed by atoms with E-state index in [2.05, 4.69) is 46.1 Å². The van der Waals surface area contributed by atoms with Gasteiger partial charge in [0.05, 0.1) is 0 Å². The molecule has 1 saturated heterocycles. The van der Waals surface area contributed by atoms with Crippen LogP contribution >= 0.6 is 0 Å². The molecule has 1 amide bonds. The fourth-order valence-electron chi connectivity index (χ4n) is 3.16. The number of aromatic nitrogens is 1. The van der Waals surface area contributed by atoms with Crippen LogP contribution in [0, 0.1) is 0 Å². The summed E-state index contributed by atoms with van der Waals surface area (Å²) >= 11 is 0. The number of hydrogen-bond donors (Lipinski definition) is 0. The molecule has 0 radical (unpaired) electrons. The topological polar surface area (TPSA) is 27.4 Å². The third-order valence-electron chi connectivity index (χ3n) is 4.59. The lowest BCUT2D eigenvalue weighted by Gasteiger charge is -2.36. The molecular weight excluding hydrogens is 378 g/mol. The zero-order chi connectivity index (χ0) is 16.6. The Bertz CT molecular complexity index is 628. The van der Waals surface area contributed by atoms with E-state index < -0.39 is 0 Å². The molecule has 0 saturated carbocycles. The molecule has 0 spiro atoms. The highest BCUT2D eigenvalue weighted by Crippen LogP contribution is 2.16. The molecule has 2 aromatic rings. The summed E-state index contributed by atoms with van der Waals surface area (Å²) in [5.41, 5.74) is 1.25. The number of piperazine rings is 1.